The van der Waals surface area contributed by atoms with Crippen molar-refractivity contribution < 1.29 is 14.7 Å². The van der Waals surface area contributed by atoms with Gasteiger partial charge in [-0.3, -0.25) is 9.63 Å². The summed E-state index contributed by atoms with van der Waals surface area (Å²) in [4.78, 5) is 16.5. The number of carbonyl (C=O) groups is 1. The van der Waals surface area contributed by atoms with E-state index in [-0.39, 0.29) is 6.61 Å². The van der Waals surface area contributed by atoms with Crippen LogP contribution < -0.4 is 5.48 Å². The summed E-state index contributed by atoms with van der Waals surface area (Å²) in [6.07, 6.45) is -0.451. The number of hydroxylamine groups is 1. The number of aryl methyl sites for hydroxylation is 1. The maximum atomic E-state index is 11.6. The molecule has 1 amide bonds. The molecule has 2 N–H and O–H groups in total. The first-order chi connectivity index (χ1) is 7.54. The third kappa shape index (κ3) is 3.48. The van der Waals surface area contributed by atoms with Gasteiger partial charge in [-0.1, -0.05) is 17.7 Å². The van der Waals surface area contributed by atoms with E-state index in [9.17, 15) is 4.79 Å². The standard InChI is InChI=1S/C11H14ClNO3/c1-7-3-4-9(10(12)5-7)11(15)13-16-8(2)6-14/h3-5,8,14H,6H2,1-2H3,(H,13,15)/t8-/m0/s1. The summed E-state index contributed by atoms with van der Waals surface area (Å²) < 4.78 is 0. The minimum Gasteiger partial charge on any atom is -0.394 e. The third-order valence-electron chi connectivity index (χ3n) is 1.98. The molecule has 0 aromatic heterocycles. The summed E-state index contributed by atoms with van der Waals surface area (Å²) in [7, 11) is 0. The molecule has 0 spiro atoms. The summed E-state index contributed by atoms with van der Waals surface area (Å²) in [5.41, 5.74) is 3.55. The highest BCUT2D eigenvalue weighted by atomic mass is 35.5. The van der Waals surface area contributed by atoms with Crippen LogP contribution in [0.3, 0.4) is 0 Å². The number of nitrogens with one attached hydrogen (secondary N) is 1. The lowest BCUT2D eigenvalue weighted by molar-refractivity contribution is -0.0304. The average Bonchev–Trinajstić information content (AvgIpc) is 2.25. The highest BCUT2D eigenvalue weighted by molar-refractivity contribution is 6.33. The van der Waals surface area contributed by atoms with E-state index in [0.29, 0.717) is 10.6 Å². The van der Waals surface area contributed by atoms with Crippen molar-refractivity contribution in [2.45, 2.75) is 20.0 Å². The largest absolute Gasteiger partial charge is 0.394 e. The molecule has 0 unspecified atom stereocenters. The molecule has 4 nitrogen and oxygen atoms in total. The van der Waals surface area contributed by atoms with E-state index in [1.807, 2.05) is 6.92 Å². The second kappa shape index (κ2) is 5.84. The first kappa shape index (κ1) is 13.0. The molecule has 0 heterocycles. The van der Waals surface area contributed by atoms with Gasteiger partial charge < -0.3 is 5.11 Å². The predicted molar refractivity (Wildman–Crippen MR) is 61.3 cm³/mol. The third-order valence-corrected chi connectivity index (χ3v) is 2.29. The maximum Gasteiger partial charge on any atom is 0.276 e. The number of halogens is 1. The van der Waals surface area contributed by atoms with E-state index in [1.54, 1.807) is 25.1 Å². The van der Waals surface area contributed by atoms with Crippen LogP contribution in [0, 0.1) is 6.92 Å². The number of hydrogen-bond acceptors (Lipinski definition) is 3. The Kier molecular flexibility index (Phi) is 4.73. The number of aliphatic hydroxyl groups excluding tert-OH is 1. The lowest BCUT2D eigenvalue weighted by Gasteiger charge is -2.11. The zero-order valence-electron chi connectivity index (χ0n) is 9.16. The van der Waals surface area contributed by atoms with Gasteiger partial charge in [-0.2, -0.15) is 0 Å². The minimum absolute atomic E-state index is 0.165. The zero-order valence-corrected chi connectivity index (χ0v) is 9.91. The van der Waals surface area contributed by atoms with Crippen LogP contribution in [0.1, 0.15) is 22.8 Å². The lowest BCUT2D eigenvalue weighted by Crippen LogP contribution is -2.30. The van der Waals surface area contributed by atoms with Gasteiger partial charge in [-0.15, -0.1) is 0 Å². The monoisotopic (exact) mass is 243 g/mol. The molecule has 0 aliphatic heterocycles. The van der Waals surface area contributed by atoms with Crippen molar-refractivity contribution in [2.24, 2.45) is 0 Å². The van der Waals surface area contributed by atoms with Crippen molar-refractivity contribution in [1.29, 1.82) is 0 Å². The van der Waals surface area contributed by atoms with Crippen molar-refractivity contribution in [2.75, 3.05) is 6.61 Å². The van der Waals surface area contributed by atoms with Gasteiger partial charge in [0.25, 0.3) is 5.91 Å². The Morgan fingerprint density at radius 2 is 2.31 bits per heavy atom. The van der Waals surface area contributed by atoms with Crippen molar-refractivity contribution in [3.8, 4) is 0 Å². The van der Waals surface area contributed by atoms with E-state index in [0.717, 1.165) is 5.56 Å². The first-order valence-electron chi connectivity index (χ1n) is 4.87. The molecule has 5 heteroatoms. The highest BCUT2D eigenvalue weighted by Gasteiger charge is 2.11. The van der Waals surface area contributed by atoms with Gasteiger partial charge >= 0.3 is 0 Å². The molecule has 0 saturated carbocycles. The summed E-state index contributed by atoms with van der Waals surface area (Å²) in [5.74, 6) is -0.426. The van der Waals surface area contributed by atoms with Gasteiger partial charge in [0.1, 0.15) is 6.10 Å². The SMILES string of the molecule is Cc1ccc(C(=O)NO[C@@H](C)CO)c(Cl)c1. The van der Waals surface area contributed by atoms with Crippen LogP contribution in [-0.2, 0) is 4.84 Å². The number of benzene rings is 1. The van der Waals surface area contributed by atoms with Gasteiger partial charge in [0.15, 0.2) is 0 Å². The van der Waals surface area contributed by atoms with Crippen molar-refractivity contribution >= 4 is 17.5 Å². The molecular weight excluding hydrogens is 230 g/mol. The van der Waals surface area contributed by atoms with Crippen LogP contribution >= 0.6 is 11.6 Å². The average molecular weight is 244 g/mol. The second-order valence-electron chi connectivity index (χ2n) is 3.53. The lowest BCUT2D eigenvalue weighted by atomic mass is 10.1. The van der Waals surface area contributed by atoms with Crippen LogP contribution in [0.25, 0.3) is 0 Å². The fraction of sp³-hybridized carbons (Fsp3) is 0.364. The van der Waals surface area contributed by atoms with Gasteiger partial charge in [0.2, 0.25) is 0 Å². The molecule has 0 fully saturated rings. The van der Waals surface area contributed by atoms with Gasteiger partial charge in [0.05, 0.1) is 17.2 Å². The van der Waals surface area contributed by atoms with E-state index >= 15 is 0 Å². The van der Waals surface area contributed by atoms with Gasteiger partial charge in [-0.25, -0.2) is 5.48 Å². The van der Waals surface area contributed by atoms with Gasteiger partial charge in [-0.05, 0) is 31.5 Å². The van der Waals surface area contributed by atoms with Crippen LogP contribution in [0.5, 0.6) is 0 Å². The quantitative estimate of drug-likeness (QED) is 0.792. The molecule has 0 aliphatic carbocycles. The maximum absolute atomic E-state index is 11.6. The second-order valence-corrected chi connectivity index (χ2v) is 3.93. The first-order valence-corrected chi connectivity index (χ1v) is 5.25. The van der Waals surface area contributed by atoms with Crippen LogP contribution in [0.2, 0.25) is 5.02 Å². The molecule has 1 atom stereocenters. The van der Waals surface area contributed by atoms with Crippen molar-refractivity contribution in [3.05, 3.63) is 34.3 Å². The Balaban J connectivity index is 2.66. The van der Waals surface area contributed by atoms with Crippen LogP contribution in [-0.4, -0.2) is 23.7 Å². The molecule has 1 rings (SSSR count). The van der Waals surface area contributed by atoms with Gasteiger partial charge in [0, 0.05) is 0 Å². The molecule has 0 radical (unpaired) electrons. The highest BCUT2D eigenvalue weighted by Crippen LogP contribution is 2.17. The fourth-order valence-electron chi connectivity index (χ4n) is 1.05. The van der Waals surface area contributed by atoms with E-state index in [1.165, 1.54) is 0 Å². The molecule has 0 saturated heterocycles. The predicted octanol–water partition coefficient (Wildman–Crippen LogP) is 1.69. The van der Waals surface area contributed by atoms with E-state index in [2.05, 4.69) is 5.48 Å². The Labute approximate surface area is 99.1 Å². The van der Waals surface area contributed by atoms with Crippen LogP contribution in [0.15, 0.2) is 18.2 Å². The molecule has 0 aliphatic rings. The topological polar surface area (TPSA) is 58.6 Å². The zero-order chi connectivity index (χ0) is 12.1. The molecular formula is C11H14ClNO3. The Morgan fingerprint density at radius 3 is 2.88 bits per heavy atom. The molecule has 0 bridgehead atoms. The van der Waals surface area contributed by atoms with E-state index in [4.69, 9.17) is 21.5 Å². The summed E-state index contributed by atoms with van der Waals surface area (Å²) in [6, 6.07) is 5.11. The molecule has 1 aromatic carbocycles. The Hall–Kier alpha value is -1.10. The normalized spacial score (nSPS) is 12.2. The van der Waals surface area contributed by atoms with E-state index < -0.39 is 12.0 Å². The van der Waals surface area contributed by atoms with Crippen molar-refractivity contribution in [1.82, 2.24) is 5.48 Å². The summed E-state index contributed by atoms with van der Waals surface area (Å²) >= 11 is 5.91. The molecule has 16 heavy (non-hydrogen) atoms. The van der Waals surface area contributed by atoms with Crippen LogP contribution in [0.4, 0.5) is 0 Å². The number of carbonyl (C=O) groups excluding carboxylic acids is 1. The number of amides is 1. The minimum atomic E-state index is -0.451. The summed E-state index contributed by atoms with van der Waals surface area (Å²) in [5, 5.41) is 9.08. The Morgan fingerprint density at radius 1 is 1.62 bits per heavy atom. The smallest absolute Gasteiger partial charge is 0.276 e. The number of rotatable bonds is 4. The number of aliphatic hydroxyl groups is 1. The summed E-state index contributed by atoms with van der Waals surface area (Å²) in [6.45, 7) is 3.36. The fourth-order valence-corrected chi connectivity index (χ4v) is 1.37. The van der Waals surface area contributed by atoms with Crippen molar-refractivity contribution in [3.63, 3.8) is 0 Å². The Bertz CT molecular complexity index is 381. The number of hydrogen-bond donors (Lipinski definition) is 2. The molecule has 1 aromatic rings. The molecule has 88 valence electrons.